The second-order valence-corrected chi connectivity index (χ2v) is 21.4. The summed E-state index contributed by atoms with van der Waals surface area (Å²) in [7, 11) is 4.19. The Bertz CT molecular complexity index is 1800. The Morgan fingerprint density at radius 2 is 0.566 bits per heavy atom. The minimum atomic E-state index is -2.25. The number of methoxy groups -OCH3 is 3. The van der Waals surface area contributed by atoms with Crippen LogP contribution in [0.2, 0.25) is 0 Å². The van der Waals surface area contributed by atoms with Gasteiger partial charge in [-0.25, -0.2) is 4.79 Å². The Morgan fingerprint density at radius 1 is 0.337 bits per heavy atom. The number of aliphatic carboxylic acids is 1. The normalized spacial score (nSPS) is 41.1. The molecule has 33 nitrogen and oxygen atoms in total. The molecule has 0 amide bonds. The first kappa shape index (κ1) is 73.4. The van der Waals surface area contributed by atoms with Gasteiger partial charge in [-0.3, -0.25) is 4.79 Å². The number of aliphatic hydroxyl groups is 18. The fourth-order valence-electron chi connectivity index (χ4n) is 10.7. The molecule has 0 aromatic heterocycles. The maximum Gasteiger partial charge on any atom is 0.335 e. The van der Waals surface area contributed by atoms with Crippen LogP contribution in [0.15, 0.2) is 0 Å². The number of ether oxygens (including phenoxy) is 12. The van der Waals surface area contributed by atoms with Crippen molar-refractivity contribution in [3.05, 3.63) is 0 Å². The molecule has 19 N–H and O–H groups in total. The molecule has 0 radical (unpaired) electrons. The van der Waals surface area contributed by atoms with E-state index in [2.05, 4.69) is 0 Å². The van der Waals surface area contributed by atoms with Crippen LogP contribution in [0.4, 0.5) is 0 Å². The van der Waals surface area contributed by atoms with Crippen LogP contribution in [0.1, 0.15) is 6.92 Å². The third-order valence-electron chi connectivity index (χ3n) is 15.8. The lowest BCUT2D eigenvalue weighted by atomic mass is 9.86. The van der Waals surface area contributed by atoms with Crippen molar-refractivity contribution in [3.63, 3.8) is 0 Å². The van der Waals surface area contributed by atoms with Gasteiger partial charge in [0.15, 0.2) is 11.9 Å². The molecule has 0 aromatic carbocycles. The Labute approximate surface area is 477 Å². The number of carbonyl (C=O) groups is 2. The molecule has 488 valence electrons. The highest BCUT2D eigenvalue weighted by Gasteiger charge is 2.51. The first-order chi connectivity index (χ1) is 39.4. The Hall–Kier alpha value is -2.06. The first-order valence-corrected chi connectivity index (χ1v) is 27.1. The van der Waals surface area contributed by atoms with E-state index in [4.69, 9.17) is 82.4 Å². The minimum absolute atomic E-state index is 0.000583. The summed E-state index contributed by atoms with van der Waals surface area (Å²) in [6.07, 6.45) is -33.2. The molecule has 10 unspecified atom stereocenters. The summed E-state index contributed by atoms with van der Waals surface area (Å²) in [5.41, 5.74) is 0. The van der Waals surface area contributed by atoms with E-state index >= 15 is 0 Å². The molecule has 29 atom stereocenters. The summed E-state index contributed by atoms with van der Waals surface area (Å²) >= 11 is 0. The monoisotopic (exact) mass is 1220 g/mol. The van der Waals surface area contributed by atoms with E-state index in [1.54, 1.807) is 0 Å². The van der Waals surface area contributed by atoms with Crippen LogP contribution in [0.3, 0.4) is 0 Å². The number of aliphatic hydroxyl groups excluding tert-OH is 18. The Balaban J connectivity index is 0.000000929. The second-order valence-electron chi connectivity index (χ2n) is 21.4. The van der Waals surface area contributed by atoms with Crippen LogP contribution >= 0.6 is 0 Å². The molecule has 0 spiro atoms. The number of carbonyl (C=O) groups excluding carboxylic acids is 1. The van der Waals surface area contributed by atoms with Crippen LogP contribution in [-0.4, -0.2) is 376 Å². The average molecular weight is 1220 g/mol. The van der Waals surface area contributed by atoms with Crippen LogP contribution in [0, 0.1) is 29.6 Å². The van der Waals surface area contributed by atoms with E-state index < -0.39 is 221 Å². The molecule has 5 rings (SSSR count). The van der Waals surface area contributed by atoms with Gasteiger partial charge < -0.3 is 154 Å². The zero-order valence-corrected chi connectivity index (χ0v) is 46.6. The van der Waals surface area contributed by atoms with Crippen molar-refractivity contribution in [3.8, 4) is 0 Å². The molecule has 0 saturated carbocycles. The molecule has 5 aliphatic rings. The summed E-state index contributed by atoms with van der Waals surface area (Å²) in [6, 6.07) is 0. The van der Waals surface area contributed by atoms with Crippen LogP contribution in [-0.2, 0) is 66.4 Å². The lowest BCUT2D eigenvalue weighted by Crippen LogP contribution is -2.60. The lowest BCUT2D eigenvalue weighted by Gasteiger charge is -2.45. The van der Waals surface area contributed by atoms with Gasteiger partial charge in [0.05, 0.1) is 160 Å². The quantitative estimate of drug-likeness (QED) is 0.0306. The van der Waals surface area contributed by atoms with Gasteiger partial charge in [-0.1, -0.05) is 0 Å². The van der Waals surface area contributed by atoms with Crippen molar-refractivity contribution < 1.29 is 163 Å². The minimum Gasteiger partial charge on any atom is -0.479 e. The highest BCUT2D eigenvalue weighted by Crippen LogP contribution is 2.34. The van der Waals surface area contributed by atoms with Gasteiger partial charge in [0.25, 0.3) is 0 Å². The summed E-state index contributed by atoms with van der Waals surface area (Å²) in [5, 5.41) is 193. The fourth-order valence-corrected chi connectivity index (χ4v) is 10.7. The van der Waals surface area contributed by atoms with Gasteiger partial charge in [-0.05, 0) is 6.92 Å². The zero-order valence-electron chi connectivity index (χ0n) is 46.6. The molecule has 33 heteroatoms. The highest BCUT2D eigenvalue weighted by atomic mass is 16.6. The van der Waals surface area contributed by atoms with Gasteiger partial charge >= 0.3 is 5.97 Å². The van der Waals surface area contributed by atoms with E-state index in [1.165, 1.54) is 21.3 Å². The smallest absolute Gasteiger partial charge is 0.335 e. The molecule has 0 bridgehead atoms. The third kappa shape index (κ3) is 19.2. The third-order valence-corrected chi connectivity index (χ3v) is 15.8. The van der Waals surface area contributed by atoms with E-state index in [0.717, 1.165) is 6.92 Å². The molecule has 5 fully saturated rings. The first-order valence-electron chi connectivity index (χ1n) is 27.1. The van der Waals surface area contributed by atoms with Gasteiger partial charge in [0.2, 0.25) is 0 Å². The Kier molecular flexibility index (Phi) is 31.7. The number of hydrogen-bond donors (Lipinski definition) is 19. The predicted octanol–water partition coefficient (Wildman–Crippen LogP) is -11.4. The summed E-state index contributed by atoms with van der Waals surface area (Å²) < 4.78 is 68.1. The molecule has 5 saturated heterocycles. The largest absolute Gasteiger partial charge is 0.479 e. The standard InChI is InChI=1S/C43H78O26.C7H12O7/c1-58-8-19-24(4-44)66-30(40(54)34(19)48)16-63-12-23-28(14-64-18-32-41(55)35(49)20(9-59-2)25(5-45)67-32)69-33(43(57)38(23)52)17-62-11-22-27(7-47)68-31(42(56)37(22)51)15-61-10-21-26(6-46)65-29(13-60-3)39(53)36(21)50;1-2(8)3(9)4(10)5(11)6(12)7(13)14/h19-57H,4-18H2,1-3H3;3-6,9-12H,1H3,(H,13,14)/t19-,20-,21-,22-,23-,24?,25?,26?,27?,28?,29?,30?,31?,32?,33?,34-,35-,36-,37-,38-,39-,40-,41-,42-,43-;3-,4-,5+,6-/m11/s1. The van der Waals surface area contributed by atoms with Gasteiger partial charge in [0, 0.05) is 50.9 Å². The maximum atomic E-state index is 11.5. The number of ketones is 1. The Morgan fingerprint density at radius 3 is 0.831 bits per heavy atom. The summed E-state index contributed by atoms with van der Waals surface area (Å²) in [6.45, 7) is -3.73. The van der Waals surface area contributed by atoms with Crippen molar-refractivity contribution in [1.82, 2.24) is 0 Å². The number of carboxylic acids is 1. The highest BCUT2D eigenvalue weighted by molar-refractivity contribution is 5.81. The molecule has 0 aromatic rings. The van der Waals surface area contributed by atoms with E-state index in [1.807, 2.05) is 0 Å². The average Bonchev–Trinajstić information content (AvgIpc) is 3.50. The fraction of sp³-hybridized carbons (Fsp3) is 0.960. The lowest BCUT2D eigenvalue weighted by molar-refractivity contribution is -0.256. The van der Waals surface area contributed by atoms with Crippen molar-refractivity contribution in [2.24, 2.45) is 29.6 Å². The molecular weight excluding hydrogens is 1130 g/mol. The SMILES string of the molecule is CC(=O)[C@@H](O)[C@@H](O)[C@H](O)[C@@H](O)C(=O)O.COCC1OC(CO)[C@@H](COCC2OC(CO)[C@@H](COCC3OC(COCC4OC(CO)[C@@H](COC)[C@@H](O)[C@@H]4O)[C@@H](COCC4OC(CO)[C@@H](COC)[C@@H](O)[C@@H]4O)[C@@H](O)[C@@H]3O)[C@@H](O)[C@@H]2O)[C@@H](O)[C@@H]1O. The second kappa shape index (κ2) is 35.8. The van der Waals surface area contributed by atoms with Gasteiger partial charge in [-0.15, -0.1) is 0 Å². The summed E-state index contributed by atoms with van der Waals surface area (Å²) in [5.74, 6) is -6.99. The van der Waals surface area contributed by atoms with E-state index in [-0.39, 0.29) is 66.1 Å². The summed E-state index contributed by atoms with van der Waals surface area (Å²) in [4.78, 5) is 20.7. The van der Waals surface area contributed by atoms with Crippen molar-refractivity contribution >= 4 is 11.8 Å². The van der Waals surface area contributed by atoms with Crippen molar-refractivity contribution in [2.45, 2.75) is 153 Å². The van der Waals surface area contributed by atoms with E-state index in [0.29, 0.717) is 0 Å². The van der Waals surface area contributed by atoms with E-state index in [9.17, 15) is 81.1 Å². The zero-order chi connectivity index (χ0) is 62.0. The molecule has 0 aliphatic carbocycles. The molecule has 5 heterocycles. The predicted molar refractivity (Wildman–Crippen MR) is 270 cm³/mol. The van der Waals surface area contributed by atoms with Crippen LogP contribution < -0.4 is 0 Å². The topological polar surface area (TPSA) is 529 Å². The van der Waals surface area contributed by atoms with Crippen LogP contribution in [0.25, 0.3) is 0 Å². The van der Waals surface area contributed by atoms with Crippen molar-refractivity contribution in [2.75, 3.05) is 120 Å². The van der Waals surface area contributed by atoms with Gasteiger partial charge in [0.1, 0.15) is 79.4 Å². The molecule has 5 aliphatic heterocycles. The molecular formula is C50H90O33. The number of rotatable bonds is 31. The maximum absolute atomic E-state index is 11.5. The van der Waals surface area contributed by atoms with Crippen LogP contribution in [0.5, 0.6) is 0 Å². The van der Waals surface area contributed by atoms with Crippen molar-refractivity contribution in [1.29, 1.82) is 0 Å². The number of Topliss-reactive ketones (excluding diaryl/α,β-unsaturated/α-hetero) is 1. The number of hydrogen-bond acceptors (Lipinski definition) is 32. The molecule has 83 heavy (non-hydrogen) atoms. The number of carboxylic acid groups (broad SMARTS) is 1. The van der Waals surface area contributed by atoms with Gasteiger partial charge in [-0.2, -0.15) is 0 Å².